The second-order valence-electron chi connectivity index (χ2n) is 7.98. The van der Waals surface area contributed by atoms with Crippen molar-refractivity contribution in [3.63, 3.8) is 0 Å². The first-order valence-electron chi connectivity index (χ1n) is 11.2. The molecule has 1 aromatic heterocycles. The fourth-order valence-electron chi connectivity index (χ4n) is 3.97. The van der Waals surface area contributed by atoms with Gasteiger partial charge in [0.2, 0.25) is 0 Å². The number of benzene rings is 2. The maximum atomic E-state index is 13.8. The van der Waals surface area contributed by atoms with E-state index in [4.69, 9.17) is 9.47 Å². The van der Waals surface area contributed by atoms with Gasteiger partial charge in [-0.15, -0.1) is 11.8 Å². The van der Waals surface area contributed by atoms with Crippen molar-refractivity contribution in [3.8, 4) is 5.75 Å². The van der Waals surface area contributed by atoms with E-state index in [2.05, 4.69) is 36.9 Å². The molecule has 0 fully saturated rings. The zero-order valence-corrected chi connectivity index (χ0v) is 25.1. The molecular weight excluding hydrogens is 644 g/mol. The van der Waals surface area contributed by atoms with Crippen LogP contribution in [0.4, 0.5) is 0 Å². The number of carbonyl (C=O) groups is 2. The van der Waals surface area contributed by atoms with E-state index in [1.807, 2.05) is 30.5 Å². The maximum Gasteiger partial charge on any atom is 0.338 e. The summed E-state index contributed by atoms with van der Waals surface area (Å²) in [5, 5.41) is 0. The van der Waals surface area contributed by atoms with Crippen LogP contribution in [0.15, 0.2) is 71.3 Å². The molecule has 1 aliphatic heterocycles. The molecule has 0 radical (unpaired) electrons. The summed E-state index contributed by atoms with van der Waals surface area (Å²) in [5.41, 5.74) is 1.80. The molecule has 11 heteroatoms. The van der Waals surface area contributed by atoms with Crippen molar-refractivity contribution in [2.45, 2.75) is 31.7 Å². The predicted molar refractivity (Wildman–Crippen MR) is 152 cm³/mol. The first-order valence-corrected chi connectivity index (χ1v) is 14.8. The van der Waals surface area contributed by atoms with Gasteiger partial charge in [0.05, 0.1) is 32.9 Å². The highest BCUT2D eigenvalue weighted by Crippen LogP contribution is 2.34. The Morgan fingerprint density at radius 3 is 2.54 bits per heavy atom. The van der Waals surface area contributed by atoms with E-state index in [0.717, 1.165) is 14.9 Å². The van der Waals surface area contributed by atoms with Crippen molar-refractivity contribution in [2.24, 2.45) is 4.99 Å². The van der Waals surface area contributed by atoms with E-state index >= 15 is 0 Å². The lowest BCUT2D eigenvalue weighted by Gasteiger charge is -2.24. The number of thioether (sulfide) groups is 1. The van der Waals surface area contributed by atoms with Crippen LogP contribution < -0.4 is 19.6 Å². The lowest BCUT2D eigenvalue weighted by molar-refractivity contribution is -0.139. The van der Waals surface area contributed by atoms with Crippen LogP contribution in [0.2, 0.25) is 0 Å². The van der Waals surface area contributed by atoms with Gasteiger partial charge < -0.3 is 9.47 Å². The van der Waals surface area contributed by atoms with Gasteiger partial charge in [0.1, 0.15) is 0 Å². The van der Waals surface area contributed by atoms with Crippen LogP contribution in [0.25, 0.3) is 6.08 Å². The Morgan fingerprint density at radius 1 is 1.22 bits per heavy atom. The van der Waals surface area contributed by atoms with Gasteiger partial charge in [-0.1, -0.05) is 39.4 Å². The molecule has 192 valence electrons. The van der Waals surface area contributed by atoms with Crippen LogP contribution in [0.3, 0.4) is 0 Å². The summed E-state index contributed by atoms with van der Waals surface area (Å²) in [5.74, 6) is -0.693. The van der Waals surface area contributed by atoms with Crippen molar-refractivity contribution in [3.05, 3.63) is 87.4 Å². The summed E-state index contributed by atoms with van der Waals surface area (Å²) in [7, 11) is 0. The van der Waals surface area contributed by atoms with Gasteiger partial charge >= 0.3 is 11.9 Å². The van der Waals surface area contributed by atoms with E-state index in [0.29, 0.717) is 36.4 Å². The van der Waals surface area contributed by atoms with Gasteiger partial charge in [0.25, 0.3) is 5.56 Å². The van der Waals surface area contributed by atoms with Gasteiger partial charge in [-0.25, -0.2) is 9.79 Å². The van der Waals surface area contributed by atoms with Crippen LogP contribution in [0, 0.1) is 0 Å². The van der Waals surface area contributed by atoms with E-state index < -0.39 is 18.0 Å². The topological polar surface area (TPSA) is 87.0 Å². The highest BCUT2D eigenvalue weighted by Gasteiger charge is 2.33. The van der Waals surface area contributed by atoms with E-state index in [1.54, 1.807) is 43.8 Å². The molecule has 37 heavy (non-hydrogen) atoms. The molecule has 0 saturated heterocycles. The second-order valence-corrected chi connectivity index (χ2v) is 11.6. The molecule has 7 nitrogen and oxygen atoms in total. The molecule has 2 aromatic carbocycles. The monoisotopic (exact) mass is 664 g/mol. The van der Waals surface area contributed by atoms with Gasteiger partial charge in [-0.3, -0.25) is 14.2 Å². The molecule has 3 aromatic rings. The quantitative estimate of drug-likeness (QED) is 0.210. The number of hydrogen-bond acceptors (Lipinski definition) is 8. The fourth-order valence-corrected chi connectivity index (χ4v) is 6.76. The number of hydrogen-bond donors (Lipinski definition) is 0. The second kappa shape index (κ2) is 11.5. The van der Waals surface area contributed by atoms with Gasteiger partial charge in [-0.05, 0) is 71.9 Å². The Morgan fingerprint density at radius 2 is 1.92 bits per heavy atom. The van der Waals surface area contributed by atoms with Crippen molar-refractivity contribution < 1.29 is 19.1 Å². The van der Waals surface area contributed by atoms with Crippen LogP contribution in [-0.4, -0.2) is 29.4 Å². The molecule has 4 rings (SSSR count). The van der Waals surface area contributed by atoms with E-state index in [9.17, 15) is 14.4 Å². The predicted octanol–water partition coefficient (Wildman–Crippen LogP) is 4.97. The third-order valence-electron chi connectivity index (χ3n) is 5.52. The maximum absolute atomic E-state index is 13.8. The summed E-state index contributed by atoms with van der Waals surface area (Å²) in [4.78, 5) is 44.7. The number of esters is 2. The third-order valence-corrected chi connectivity index (χ3v) is 8.29. The summed E-state index contributed by atoms with van der Waals surface area (Å²) in [6.45, 7) is 5.00. The number of nitrogens with zero attached hydrogens (tertiary/aromatic N) is 2. The SMILES string of the molecule is CCOC(=O)C1=C(C)N=c2s/c(=C\c3cc(Br)cc(Br)c3OC(C)=O)c(=O)n2[C@H]1c1ccc(SC)cc1. The molecule has 0 unspecified atom stereocenters. The highest BCUT2D eigenvalue weighted by atomic mass is 79.9. The molecule has 0 N–H and O–H groups in total. The Labute approximate surface area is 238 Å². The normalized spacial score (nSPS) is 15.3. The Balaban J connectivity index is 1.97. The molecule has 0 amide bonds. The minimum absolute atomic E-state index is 0.203. The van der Waals surface area contributed by atoms with Crippen LogP contribution in [0.1, 0.15) is 37.9 Å². The smallest absolute Gasteiger partial charge is 0.338 e. The molecule has 0 aliphatic carbocycles. The number of thiazole rings is 1. The standard InChI is InChI=1S/C26H22Br2N2O5S2/c1-5-34-25(33)21-13(2)29-26-30(22(21)15-6-8-18(36-4)9-7-15)24(32)20(37-26)11-16-10-17(27)12-19(28)23(16)35-14(3)31/h6-12,22H,5H2,1-4H3/b20-11-/t22-/m0/s1. The molecule has 1 atom stereocenters. The van der Waals surface area contributed by atoms with Crippen LogP contribution >= 0.6 is 55.0 Å². The molecule has 0 spiro atoms. The number of ether oxygens (including phenoxy) is 2. The first kappa shape index (κ1) is 27.6. The van der Waals surface area contributed by atoms with Gasteiger partial charge in [-0.2, -0.15) is 0 Å². The Kier molecular flexibility index (Phi) is 8.57. The lowest BCUT2D eigenvalue weighted by Crippen LogP contribution is -2.39. The molecule has 1 aliphatic rings. The Bertz CT molecular complexity index is 1610. The average Bonchev–Trinajstić information content (AvgIpc) is 3.14. The minimum atomic E-state index is -0.699. The van der Waals surface area contributed by atoms with Crippen molar-refractivity contribution in [1.82, 2.24) is 4.57 Å². The van der Waals surface area contributed by atoms with Crippen molar-refractivity contribution in [1.29, 1.82) is 0 Å². The zero-order valence-electron chi connectivity index (χ0n) is 20.3. The van der Waals surface area contributed by atoms with Gasteiger partial charge in [0.15, 0.2) is 10.6 Å². The molecule has 2 heterocycles. The Hall–Kier alpha value is -2.47. The fraction of sp³-hybridized carbons (Fsp3) is 0.231. The van der Waals surface area contributed by atoms with E-state index in [1.165, 1.54) is 22.8 Å². The molecule has 0 saturated carbocycles. The highest BCUT2D eigenvalue weighted by molar-refractivity contribution is 9.11. The average molecular weight is 666 g/mol. The summed E-state index contributed by atoms with van der Waals surface area (Å²) >= 11 is 9.68. The van der Waals surface area contributed by atoms with Crippen molar-refractivity contribution >= 4 is 73.0 Å². The number of halogens is 2. The largest absolute Gasteiger partial charge is 0.463 e. The van der Waals surface area contributed by atoms with Crippen molar-refractivity contribution in [2.75, 3.05) is 12.9 Å². The summed E-state index contributed by atoms with van der Waals surface area (Å²) < 4.78 is 14.0. The number of aromatic nitrogens is 1. The lowest BCUT2D eigenvalue weighted by atomic mass is 9.96. The van der Waals surface area contributed by atoms with Crippen LogP contribution in [-0.2, 0) is 14.3 Å². The van der Waals surface area contributed by atoms with E-state index in [-0.39, 0.29) is 12.2 Å². The molecular formula is C26H22Br2N2O5S2. The first-order chi connectivity index (χ1) is 17.6. The number of carbonyl (C=O) groups excluding carboxylic acids is 2. The minimum Gasteiger partial charge on any atom is -0.463 e. The third kappa shape index (κ3) is 5.69. The summed E-state index contributed by atoms with van der Waals surface area (Å²) in [6.07, 6.45) is 3.64. The summed E-state index contributed by atoms with van der Waals surface area (Å²) in [6, 6.07) is 10.6. The van der Waals surface area contributed by atoms with Gasteiger partial charge in [0, 0.05) is 21.9 Å². The number of fused-ring (bicyclic) bond motifs is 1. The van der Waals surface area contributed by atoms with Crippen LogP contribution in [0.5, 0.6) is 5.75 Å². The number of allylic oxidation sites excluding steroid dienone is 1. The number of rotatable bonds is 6. The molecule has 0 bridgehead atoms. The zero-order chi connectivity index (χ0) is 26.9.